The fourth-order valence-electron chi connectivity index (χ4n) is 1.98. The van der Waals surface area contributed by atoms with Crippen LogP contribution in [0.2, 0.25) is 0 Å². The summed E-state index contributed by atoms with van der Waals surface area (Å²) in [5.74, 6) is -1.54. The third-order valence-corrected chi connectivity index (χ3v) is 3.35. The molecule has 0 aliphatic heterocycles. The van der Waals surface area contributed by atoms with Crippen molar-refractivity contribution in [1.29, 1.82) is 0 Å². The maximum atomic E-state index is 13.4. The summed E-state index contributed by atoms with van der Waals surface area (Å²) in [6.07, 6.45) is -0.373. The molecule has 0 saturated carbocycles. The number of carbonyl (C=O) groups is 2. The number of carbonyl (C=O) groups excluding carboxylic acids is 2. The van der Waals surface area contributed by atoms with Crippen molar-refractivity contribution in [3.8, 4) is 0 Å². The lowest BCUT2D eigenvalue weighted by Gasteiger charge is -2.10. The summed E-state index contributed by atoms with van der Waals surface area (Å²) in [7, 11) is 0. The molecule has 2 amide bonds. The molecule has 2 aromatic carbocycles. The molecular weight excluding hydrogens is 283 g/mol. The molecule has 0 spiro atoms. The van der Waals surface area contributed by atoms with Crippen LogP contribution < -0.4 is 10.6 Å². The second-order valence-corrected chi connectivity index (χ2v) is 5.00. The van der Waals surface area contributed by atoms with Crippen LogP contribution in [0.15, 0.2) is 42.5 Å². The first-order chi connectivity index (χ1) is 10.5. The minimum Gasteiger partial charge on any atom is -0.325 e. The van der Waals surface area contributed by atoms with E-state index in [1.807, 2.05) is 26.0 Å². The van der Waals surface area contributed by atoms with Crippen molar-refractivity contribution in [3.63, 3.8) is 0 Å². The molecule has 0 aromatic heterocycles. The predicted octanol–water partition coefficient (Wildman–Crippen LogP) is 3.41. The number of amides is 2. The van der Waals surface area contributed by atoms with Crippen molar-refractivity contribution in [2.24, 2.45) is 0 Å². The number of aryl methyl sites for hydroxylation is 1. The normalized spacial score (nSPS) is 10.1. The van der Waals surface area contributed by atoms with E-state index in [0.29, 0.717) is 5.69 Å². The van der Waals surface area contributed by atoms with Gasteiger partial charge in [-0.25, -0.2) is 4.39 Å². The summed E-state index contributed by atoms with van der Waals surface area (Å²) in [6.45, 7) is 3.83. The number of halogens is 1. The van der Waals surface area contributed by atoms with Gasteiger partial charge in [0.05, 0.1) is 5.69 Å². The highest BCUT2D eigenvalue weighted by Crippen LogP contribution is 2.18. The van der Waals surface area contributed by atoms with Gasteiger partial charge in [-0.3, -0.25) is 9.59 Å². The van der Waals surface area contributed by atoms with Gasteiger partial charge in [-0.05, 0) is 43.2 Å². The highest BCUT2D eigenvalue weighted by Gasteiger charge is 2.12. The lowest BCUT2D eigenvalue weighted by Crippen LogP contribution is -2.22. The van der Waals surface area contributed by atoms with E-state index in [2.05, 4.69) is 10.6 Å². The molecule has 0 atom stereocenters. The highest BCUT2D eigenvalue weighted by molar-refractivity contribution is 6.08. The number of hydrogen-bond acceptors (Lipinski definition) is 2. The summed E-state index contributed by atoms with van der Waals surface area (Å²) in [5, 5.41) is 5.07. The summed E-state index contributed by atoms with van der Waals surface area (Å²) < 4.78 is 13.4. The van der Waals surface area contributed by atoms with E-state index in [-0.39, 0.29) is 12.1 Å². The number of para-hydroxylation sites is 1. The monoisotopic (exact) mass is 300 g/mol. The van der Waals surface area contributed by atoms with Crippen molar-refractivity contribution < 1.29 is 14.0 Å². The van der Waals surface area contributed by atoms with Crippen molar-refractivity contribution in [2.75, 3.05) is 10.6 Å². The second-order valence-electron chi connectivity index (χ2n) is 5.00. The van der Waals surface area contributed by atoms with Crippen molar-refractivity contribution >= 4 is 23.2 Å². The number of nitrogens with one attached hydrogen (secondary N) is 2. The van der Waals surface area contributed by atoms with Crippen molar-refractivity contribution in [2.45, 2.75) is 20.3 Å². The summed E-state index contributed by atoms with van der Waals surface area (Å²) >= 11 is 0. The van der Waals surface area contributed by atoms with Crippen molar-refractivity contribution in [1.82, 2.24) is 0 Å². The fraction of sp³-hybridized carbons (Fsp3) is 0.176. The zero-order chi connectivity index (χ0) is 16.1. The van der Waals surface area contributed by atoms with Crippen LogP contribution in [-0.2, 0) is 9.59 Å². The average Bonchev–Trinajstić information content (AvgIpc) is 2.46. The van der Waals surface area contributed by atoms with Crippen molar-refractivity contribution in [3.05, 3.63) is 59.4 Å². The molecule has 114 valence electrons. The topological polar surface area (TPSA) is 58.2 Å². The molecule has 0 bridgehead atoms. The predicted molar refractivity (Wildman–Crippen MR) is 84.2 cm³/mol. The first kappa shape index (κ1) is 15.7. The molecule has 5 heteroatoms. The zero-order valence-corrected chi connectivity index (χ0v) is 12.4. The molecule has 0 radical (unpaired) electrons. The first-order valence-electron chi connectivity index (χ1n) is 6.88. The van der Waals surface area contributed by atoms with E-state index in [9.17, 15) is 14.0 Å². The molecule has 22 heavy (non-hydrogen) atoms. The Morgan fingerprint density at radius 2 is 1.50 bits per heavy atom. The largest absolute Gasteiger partial charge is 0.325 e. The van der Waals surface area contributed by atoms with Gasteiger partial charge in [-0.15, -0.1) is 0 Å². The van der Waals surface area contributed by atoms with Crippen LogP contribution in [0, 0.1) is 19.7 Å². The van der Waals surface area contributed by atoms with E-state index in [1.165, 1.54) is 18.2 Å². The van der Waals surface area contributed by atoms with Crippen LogP contribution in [0.1, 0.15) is 17.5 Å². The number of hydrogen-bond donors (Lipinski definition) is 2. The Balaban J connectivity index is 1.96. The van der Waals surface area contributed by atoms with Crippen LogP contribution in [0.5, 0.6) is 0 Å². The van der Waals surface area contributed by atoms with E-state index in [0.717, 1.165) is 11.1 Å². The molecule has 0 saturated heterocycles. The van der Waals surface area contributed by atoms with Crippen LogP contribution in [0.3, 0.4) is 0 Å². The SMILES string of the molecule is Cc1cccc(NC(=O)CC(=O)Nc2ccccc2F)c1C. The Hall–Kier alpha value is -2.69. The fourth-order valence-corrected chi connectivity index (χ4v) is 1.98. The van der Waals surface area contributed by atoms with E-state index < -0.39 is 17.6 Å². The Kier molecular flexibility index (Phi) is 4.88. The molecule has 0 aliphatic rings. The molecular formula is C17H17FN2O2. The van der Waals surface area contributed by atoms with Gasteiger partial charge in [0, 0.05) is 5.69 Å². The summed E-state index contributed by atoms with van der Waals surface area (Å²) in [4.78, 5) is 23.7. The zero-order valence-electron chi connectivity index (χ0n) is 12.4. The molecule has 2 aromatic rings. The standard InChI is InChI=1S/C17H17FN2O2/c1-11-6-5-9-14(12(11)2)19-16(21)10-17(22)20-15-8-4-3-7-13(15)18/h3-9H,10H2,1-2H3,(H,19,21)(H,20,22). The van der Waals surface area contributed by atoms with Gasteiger partial charge >= 0.3 is 0 Å². The van der Waals surface area contributed by atoms with Crippen LogP contribution >= 0.6 is 0 Å². The van der Waals surface area contributed by atoms with Gasteiger partial charge in [0.1, 0.15) is 12.2 Å². The van der Waals surface area contributed by atoms with Gasteiger partial charge in [-0.1, -0.05) is 24.3 Å². The Morgan fingerprint density at radius 3 is 2.18 bits per heavy atom. The molecule has 0 aliphatic carbocycles. The summed E-state index contributed by atoms with van der Waals surface area (Å²) in [5.41, 5.74) is 2.73. The quantitative estimate of drug-likeness (QED) is 0.850. The Morgan fingerprint density at radius 1 is 0.909 bits per heavy atom. The maximum Gasteiger partial charge on any atom is 0.233 e. The van der Waals surface area contributed by atoms with Crippen LogP contribution in [0.4, 0.5) is 15.8 Å². The minimum absolute atomic E-state index is 0.0621. The Bertz CT molecular complexity index is 714. The lowest BCUT2D eigenvalue weighted by molar-refractivity contribution is -0.123. The smallest absolute Gasteiger partial charge is 0.233 e. The third-order valence-electron chi connectivity index (χ3n) is 3.35. The molecule has 4 nitrogen and oxygen atoms in total. The Labute approximate surface area is 128 Å². The summed E-state index contributed by atoms with van der Waals surface area (Å²) in [6, 6.07) is 11.4. The highest BCUT2D eigenvalue weighted by atomic mass is 19.1. The van der Waals surface area contributed by atoms with Gasteiger partial charge in [0.25, 0.3) is 0 Å². The molecule has 2 N–H and O–H groups in total. The maximum absolute atomic E-state index is 13.4. The average molecular weight is 300 g/mol. The van der Waals surface area contributed by atoms with Gasteiger partial charge < -0.3 is 10.6 Å². The number of rotatable bonds is 4. The van der Waals surface area contributed by atoms with Gasteiger partial charge in [0.15, 0.2) is 0 Å². The molecule has 0 fully saturated rings. The molecule has 2 rings (SSSR count). The second kappa shape index (κ2) is 6.85. The number of benzene rings is 2. The van der Waals surface area contributed by atoms with Crippen LogP contribution in [-0.4, -0.2) is 11.8 Å². The van der Waals surface area contributed by atoms with E-state index in [1.54, 1.807) is 12.1 Å². The first-order valence-corrected chi connectivity index (χ1v) is 6.88. The molecule has 0 unspecified atom stereocenters. The lowest BCUT2D eigenvalue weighted by atomic mass is 10.1. The number of anilines is 2. The van der Waals surface area contributed by atoms with Gasteiger partial charge in [-0.2, -0.15) is 0 Å². The van der Waals surface area contributed by atoms with E-state index in [4.69, 9.17) is 0 Å². The van der Waals surface area contributed by atoms with E-state index >= 15 is 0 Å². The minimum atomic E-state index is -0.562. The third kappa shape index (κ3) is 3.91. The molecule has 0 heterocycles. The van der Waals surface area contributed by atoms with Gasteiger partial charge in [0.2, 0.25) is 11.8 Å². The van der Waals surface area contributed by atoms with Crippen LogP contribution in [0.25, 0.3) is 0 Å².